The van der Waals surface area contributed by atoms with Gasteiger partial charge in [0.25, 0.3) is 0 Å². The summed E-state index contributed by atoms with van der Waals surface area (Å²) in [6.07, 6.45) is 1.16. The van der Waals surface area contributed by atoms with Crippen molar-refractivity contribution in [1.29, 1.82) is 0 Å². The summed E-state index contributed by atoms with van der Waals surface area (Å²) in [5.41, 5.74) is 1.90. The van der Waals surface area contributed by atoms with Crippen LogP contribution in [0.1, 0.15) is 59.4 Å². The van der Waals surface area contributed by atoms with Crippen molar-refractivity contribution in [3.63, 3.8) is 0 Å². The fraction of sp³-hybridized carbons (Fsp3) is 0.647. The molecule has 0 aromatic heterocycles. The van der Waals surface area contributed by atoms with Crippen LogP contribution >= 0.6 is 0 Å². The van der Waals surface area contributed by atoms with Gasteiger partial charge in [-0.2, -0.15) is 0 Å². The highest BCUT2D eigenvalue weighted by Crippen LogP contribution is 2.45. The molecule has 0 saturated carbocycles. The predicted molar refractivity (Wildman–Crippen MR) is 78.8 cm³/mol. The summed E-state index contributed by atoms with van der Waals surface area (Å²) in [7, 11) is 0. The van der Waals surface area contributed by atoms with Crippen LogP contribution in [-0.2, 0) is 0 Å². The lowest BCUT2D eigenvalue weighted by molar-refractivity contribution is 0.173. The van der Waals surface area contributed by atoms with Crippen molar-refractivity contribution in [3.05, 3.63) is 23.8 Å². The first-order valence-electron chi connectivity index (χ1n) is 7.06. The molecule has 2 nitrogen and oxygen atoms in total. The maximum Gasteiger partial charge on any atom is 0.231 e. The average Bonchev–Trinajstić information content (AvgIpc) is 2.69. The Morgan fingerprint density at radius 2 is 1.63 bits per heavy atom. The highest BCUT2D eigenvalue weighted by Gasteiger charge is 2.31. The molecule has 0 spiro atoms. The number of benzene rings is 1. The molecule has 19 heavy (non-hydrogen) atoms. The Labute approximate surface area is 117 Å². The molecule has 0 aliphatic carbocycles. The molecule has 0 amide bonds. The van der Waals surface area contributed by atoms with E-state index in [9.17, 15) is 0 Å². The van der Waals surface area contributed by atoms with Crippen molar-refractivity contribution in [1.82, 2.24) is 0 Å². The molecule has 0 fully saturated rings. The van der Waals surface area contributed by atoms with E-state index >= 15 is 0 Å². The van der Waals surface area contributed by atoms with Crippen LogP contribution in [0.3, 0.4) is 0 Å². The molecular formula is C17H26O2. The Kier molecular flexibility index (Phi) is 3.55. The van der Waals surface area contributed by atoms with Gasteiger partial charge in [-0.1, -0.05) is 47.6 Å². The van der Waals surface area contributed by atoms with E-state index in [4.69, 9.17) is 9.47 Å². The van der Waals surface area contributed by atoms with Crippen LogP contribution < -0.4 is 9.47 Å². The van der Waals surface area contributed by atoms with Crippen molar-refractivity contribution >= 4 is 0 Å². The van der Waals surface area contributed by atoms with Crippen molar-refractivity contribution in [2.45, 2.75) is 53.9 Å². The lowest BCUT2D eigenvalue weighted by Crippen LogP contribution is -2.23. The largest absolute Gasteiger partial charge is 0.454 e. The number of fused-ring (bicyclic) bond motifs is 1. The van der Waals surface area contributed by atoms with Crippen molar-refractivity contribution in [3.8, 4) is 11.5 Å². The molecule has 1 heterocycles. The third kappa shape index (κ3) is 3.43. The second-order valence-electron chi connectivity index (χ2n) is 7.80. The van der Waals surface area contributed by atoms with Gasteiger partial charge < -0.3 is 9.47 Å². The molecule has 0 radical (unpaired) electrons. The number of hydrogen-bond donors (Lipinski definition) is 0. The van der Waals surface area contributed by atoms with Gasteiger partial charge in [0.2, 0.25) is 6.79 Å². The predicted octanol–water partition coefficient (Wildman–Crippen LogP) is 4.98. The van der Waals surface area contributed by atoms with E-state index < -0.39 is 0 Å². The van der Waals surface area contributed by atoms with Crippen molar-refractivity contribution in [2.24, 2.45) is 10.8 Å². The third-order valence-electron chi connectivity index (χ3n) is 3.66. The Morgan fingerprint density at radius 1 is 1.00 bits per heavy atom. The summed E-state index contributed by atoms with van der Waals surface area (Å²) in [4.78, 5) is 0. The topological polar surface area (TPSA) is 18.5 Å². The summed E-state index contributed by atoms with van der Waals surface area (Å²) < 4.78 is 10.9. The van der Waals surface area contributed by atoms with E-state index in [0.717, 1.165) is 17.9 Å². The van der Waals surface area contributed by atoms with Crippen molar-refractivity contribution < 1.29 is 9.47 Å². The second-order valence-corrected chi connectivity index (χ2v) is 7.80. The van der Waals surface area contributed by atoms with Crippen LogP contribution in [0.15, 0.2) is 18.2 Å². The van der Waals surface area contributed by atoms with E-state index in [2.05, 4.69) is 53.7 Å². The molecule has 1 aromatic carbocycles. The monoisotopic (exact) mass is 262 g/mol. The molecule has 1 aliphatic rings. The molecule has 1 aliphatic heterocycles. The van der Waals surface area contributed by atoms with Crippen LogP contribution in [0.25, 0.3) is 0 Å². The maximum absolute atomic E-state index is 5.51. The van der Waals surface area contributed by atoms with Crippen LogP contribution in [0.2, 0.25) is 0 Å². The molecule has 0 saturated heterocycles. The summed E-state index contributed by atoms with van der Waals surface area (Å²) in [5.74, 6) is 2.27. The Hall–Kier alpha value is -1.18. The van der Waals surface area contributed by atoms with Crippen molar-refractivity contribution in [2.75, 3.05) is 6.79 Å². The van der Waals surface area contributed by atoms with Gasteiger partial charge in [0.1, 0.15) is 0 Å². The third-order valence-corrected chi connectivity index (χ3v) is 3.66. The second kappa shape index (κ2) is 4.73. The quantitative estimate of drug-likeness (QED) is 0.748. The molecule has 2 rings (SSSR count). The molecule has 1 unspecified atom stereocenters. The van der Waals surface area contributed by atoms with Gasteiger partial charge in [0, 0.05) is 0 Å². The fourth-order valence-corrected chi connectivity index (χ4v) is 2.67. The Morgan fingerprint density at radius 3 is 2.21 bits per heavy atom. The van der Waals surface area contributed by atoms with E-state index in [0.29, 0.717) is 18.1 Å². The van der Waals surface area contributed by atoms with E-state index in [1.165, 1.54) is 5.56 Å². The first kappa shape index (κ1) is 14.2. The number of rotatable bonds is 2. The van der Waals surface area contributed by atoms with E-state index in [1.807, 2.05) is 6.07 Å². The fourth-order valence-electron chi connectivity index (χ4n) is 2.67. The molecule has 106 valence electrons. The zero-order valence-electron chi connectivity index (χ0n) is 13.0. The highest BCUT2D eigenvalue weighted by atomic mass is 16.7. The van der Waals surface area contributed by atoms with Crippen LogP contribution in [0, 0.1) is 10.8 Å². The first-order chi connectivity index (χ1) is 8.67. The van der Waals surface area contributed by atoms with E-state index in [-0.39, 0.29) is 5.41 Å². The summed E-state index contributed by atoms with van der Waals surface area (Å²) in [6.45, 7) is 14.2. The Balaban J connectivity index is 2.33. The summed E-state index contributed by atoms with van der Waals surface area (Å²) >= 11 is 0. The van der Waals surface area contributed by atoms with Gasteiger partial charge in [0.15, 0.2) is 11.5 Å². The molecule has 1 atom stereocenters. The van der Waals surface area contributed by atoms with Crippen LogP contribution in [-0.4, -0.2) is 6.79 Å². The molecular weight excluding hydrogens is 236 g/mol. The van der Waals surface area contributed by atoms with Gasteiger partial charge in [-0.15, -0.1) is 0 Å². The SMILES string of the molecule is CC(C)(C)CC(c1ccc2c(c1)OCO2)C(C)(C)C. The highest BCUT2D eigenvalue weighted by molar-refractivity contribution is 5.45. The lowest BCUT2D eigenvalue weighted by atomic mass is 9.69. The minimum absolute atomic E-state index is 0.237. The average molecular weight is 262 g/mol. The zero-order valence-corrected chi connectivity index (χ0v) is 13.0. The smallest absolute Gasteiger partial charge is 0.231 e. The number of ether oxygens (including phenoxy) is 2. The lowest BCUT2D eigenvalue weighted by Gasteiger charge is -2.36. The van der Waals surface area contributed by atoms with Gasteiger partial charge in [-0.3, -0.25) is 0 Å². The minimum Gasteiger partial charge on any atom is -0.454 e. The minimum atomic E-state index is 0.237. The molecule has 2 heteroatoms. The molecule has 1 aromatic rings. The summed E-state index contributed by atoms with van der Waals surface area (Å²) in [6, 6.07) is 6.39. The van der Waals surface area contributed by atoms with Crippen LogP contribution in [0.5, 0.6) is 11.5 Å². The van der Waals surface area contributed by atoms with Gasteiger partial charge in [-0.05, 0) is 40.9 Å². The van der Waals surface area contributed by atoms with E-state index in [1.54, 1.807) is 0 Å². The zero-order chi connectivity index (χ0) is 14.3. The molecule has 0 bridgehead atoms. The standard InChI is InChI=1S/C17H26O2/c1-16(2,3)10-13(17(4,5)6)12-7-8-14-15(9-12)19-11-18-14/h7-9,13H,10-11H2,1-6H3. The Bertz CT molecular complexity index is 449. The summed E-state index contributed by atoms with van der Waals surface area (Å²) in [5, 5.41) is 0. The maximum atomic E-state index is 5.51. The van der Waals surface area contributed by atoms with Gasteiger partial charge in [0.05, 0.1) is 0 Å². The van der Waals surface area contributed by atoms with Gasteiger partial charge in [-0.25, -0.2) is 0 Å². The molecule has 0 N–H and O–H groups in total. The normalized spacial score (nSPS) is 16.5. The van der Waals surface area contributed by atoms with Crippen LogP contribution in [0.4, 0.5) is 0 Å². The number of hydrogen-bond acceptors (Lipinski definition) is 2. The van der Waals surface area contributed by atoms with Gasteiger partial charge >= 0.3 is 0 Å². The first-order valence-corrected chi connectivity index (χ1v) is 7.06.